The quantitative estimate of drug-likeness (QED) is 0.855. The van der Waals surface area contributed by atoms with E-state index in [1.807, 2.05) is 24.1 Å². The molecular formula is C20H24N4O3. The SMILES string of the molecule is CN1CCN(c2coc3ccc(C(=O)N[C@@H]4C[C@H]5CC[C@@H]4N5)cc23)CC1=O. The number of benzene rings is 1. The topological polar surface area (TPSA) is 77.8 Å². The standard InChI is InChI=1S/C20H24N4O3/c1-23-6-7-24(10-19(23)25)17-11-27-18-5-2-12(8-14(17)18)20(26)22-16-9-13-3-4-15(16)21-13/h2,5,8,11,13,15-16,21H,3-4,6-7,9-10H2,1H3,(H,22,26)/t13-,15+,16-/m1/s1. The van der Waals surface area contributed by atoms with Crippen LogP contribution in [-0.4, -0.2) is 61.5 Å². The molecule has 1 aromatic heterocycles. The molecule has 3 fully saturated rings. The molecular weight excluding hydrogens is 344 g/mol. The Kier molecular flexibility index (Phi) is 3.86. The van der Waals surface area contributed by atoms with E-state index in [0.717, 1.165) is 36.0 Å². The van der Waals surface area contributed by atoms with Crippen molar-refractivity contribution in [3.8, 4) is 0 Å². The molecule has 3 atom stereocenters. The first-order chi connectivity index (χ1) is 13.1. The number of anilines is 1. The predicted octanol–water partition coefficient (Wildman–Crippen LogP) is 1.33. The number of furan rings is 1. The van der Waals surface area contributed by atoms with Crippen LogP contribution in [0.1, 0.15) is 29.6 Å². The molecule has 0 saturated carbocycles. The van der Waals surface area contributed by atoms with Gasteiger partial charge in [0.1, 0.15) is 11.8 Å². The van der Waals surface area contributed by atoms with Crippen LogP contribution in [0, 0.1) is 0 Å². The molecule has 142 valence electrons. The normalized spacial score (nSPS) is 27.6. The number of hydrogen-bond acceptors (Lipinski definition) is 5. The van der Waals surface area contributed by atoms with E-state index >= 15 is 0 Å². The third-order valence-electron chi connectivity index (χ3n) is 6.23. The average molecular weight is 368 g/mol. The van der Waals surface area contributed by atoms with Crippen LogP contribution in [0.15, 0.2) is 28.9 Å². The van der Waals surface area contributed by atoms with Gasteiger partial charge in [0.15, 0.2) is 0 Å². The Morgan fingerprint density at radius 2 is 2.19 bits per heavy atom. The van der Waals surface area contributed by atoms with Crippen molar-refractivity contribution in [1.29, 1.82) is 0 Å². The number of likely N-dealkylation sites (N-methyl/N-ethyl adjacent to an activating group) is 1. The van der Waals surface area contributed by atoms with Gasteiger partial charge in [0, 0.05) is 49.2 Å². The number of amides is 2. The highest BCUT2D eigenvalue weighted by molar-refractivity contribution is 6.01. The zero-order valence-corrected chi connectivity index (χ0v) is 15.4. The van der Waals surface area contributed by atoms with Crippen molar-refractivity contribution in [2.24, 2.45) is 0 Å². The Morgan fingerprint density at radius 3 is 2.93 bits per heavy atom. The molecule has 3 aliphatic rings. The fraction of sp³-hybridized carbons (Fsp3) is 0.500. The van der Waals surface area contributed by atoms with Crippen molar-refractivity contribution in [3.63, 3.8) is 0 Å². The maximum absolute atomic E-state index is 12.8. The summed E-state index contributed by atoms with van der Waals surface area (Å²) in [6.45, 7) is 1.77. The van der Waals surface area contributed by atoms with E-state index in [1.54, 1.807) is 17.2 Å². The van der Waals surface area contributed by atoms with Gasteiger partial charge in [0.05, 0.1) is 12.2 Å². The van der Waals surface area contributed by atoms with Crippen LogP contribution in [0.2, 0.25) is 0 Å². The Morgan fingerprint density at radius 1 is 1.30 bits per heavy atom. The second-order valence-electron chi connectivity index (χ2n) is 7.93. The highest BCUT2D eigenvalue weighted by Gasteiger charge is 2.39. The number of carbonyl (C=O) groups is 2. The first-order valence-electron chi connectivity index (χ1n) is 9.65. The fourth-order valence-electron chi connectivity index (χ4n) is 4.60. The summed E-state index contributed by atoms with van der Waals surface area (Å²) >= 11 is 0. The van der Waals surface area contributed by atoms with E-state index in [4.69, 9.17) is 4.42 Å². The molecule has 0 aliphatic carbocycles. The lowest BCUT2D eigenvalue weighted by molar-refractivity contribution is -0.129. The van der Waals surface area contributed by atoms with Gasteiger partial charge in [-0.1, -0.05) is 0 Å². The number of nitrogens with zero attached hydrogens (tertiary/aromatic N) is 2. The van der Waals surface area contributed by atoms with E-state index < -0.39 is 0 Å². The van der Waals surface area contributed by atoms with Gasteiger partial charge in [-0.25, -0.2) is 0 Å². The minimum Gasteiger partial charge on any atom is -0.462 e. The number of hydrogen-bond donors (Lipinski definition) is 2. The number of piperazine rings is 1. The van der Waals surface area contributed by atoms with E-state index in [1.165, 1.54) is 6.42 Å². The van der Waals surface area contributed by atoms with E-state index in [0.29, 0.717) is 30.7 Å². The molecule has 3 saturated heterocycles. The molecule has 7 nitrogen and oxygen atoms in total. The first-order valence-corrected chi connectivity index (χ1v) is 9.65. The Hall–Kier alpha value is -2.54. The lowest BCUT2D eigenvalue weighted by Crippen LogP contribution is -2.48. The highest BCUT2D eigenvalue weighted by Crippen LogP contribution is 2.32. The monoisotopic (exact) mass is 368 g/mol. The predicted molar refractivity (Wildman–Crippen MR) is 102 cm³/mol. The number of nitrogens with one attached hydrogen (secondary N) is 2. The molecule has 4 heterocycles. The van der Waals surface area contributed by atoms with Gasteiger partial charge in [-0.2, -0.15) is 0 Å². The Labute approximate surface area is 157 Å². The van der Waals surface area contributed by atoms with Crippen LogP contribution in [0.25, 0.3) is 11.0 Å². The van der Waals surface area contributed by atoms with Crippen LogP contribution in [0.4, 0.5) is 5.69 Å². The van der Waals surface area contributed by atoms with E-state index in [9.17, 15) is 9.59 Å². The molecule has 2 aromatic rings. The molecule has 0 spiro atoms. The highest BCUT2D eigenvalue weighted by atomic mass is 16.3. The fourth-order valence-corrected chi connectivity index (χ4v) is 4.60. The summed E-state index contributed by atoms with van der Waals surface area (Å²) in [4.78, 5) is 28.6. The third kappa shape index (κ3) is 2.86. The van der Waals surface area contributed by atoms with Crippen LogP contribution in [0.5, 0.6) is 0 Å². The lowest BCUT2D eigenvalue weighted by Gasteiger charge is -2.32. The maximum Gasteiger partial charge on any atom is 0.251 e. The van der Waals surface area contributed by atoms with Gasteiger partial charge >= 0.3 is 0 Å². The molecule has 0 unspecified atom stereocenters. The Balaban J connectivity index is 1.38. The molecule has 7 heteroatoms. The molecule has 3 aliphatic heterocycles. The molecule has 1 aromatic carbocycles. The second kappa shape index (κ2) is 6.27. The van der Waals surface area contributed by atoms with Crippen LogP contribution < -0.4 is 15.5 Å². The van der Waals surface area contributed by atoms with Crippen molar-refractivity contribution < 1.29 is 14.0 Å². The van der Waals surface area contributed by atoms with Gasteiger partial charge in [0.2, 0.25) is 5.91 Å². The summed E-state index contributed by atoms with van der Waals surface area (Å²) in [7, 11) is 1.82. The van der Waals surface area contributed by atoms with Crippen molar-refractivity contribution in [3.05, 3.63) is 30.0 Å². The number of fused-ring (bicyclic) bond motifs is 3. The first kappa shape index (κ1) is 16.6. The molecule has 2 bridgehead atoms. The largest absolute Gasteiger partial charge is 0.462 e. The van der Waals surface area contributed by atoms with E-state index in [2.05, 4.69) is 10.6 Å². The molecule has 2 N–H and O–H groups in total. The summed E-state index contributed by atoms with van der Waals surface area (Å²) in [6.07, 6.45) is 5.05. The van der Waals surface area contributed by atoms with Gasteiger partial charge in [-0.3, -0.25) is 9.59 Å². The number of carbonyl (C=O) groups excluding carboxylic acids is 2. The van der Waals surface area contributed by atoms with E-state index in [-0.39, 0.29) is 17.9 Å². The summed E-state index contributed by atoms with van der Waals surface area (Å²) in [6, 6.07) is 6.70. The van der Waals surface area contributed by atoms with Gasteiger partial charge in [-0.15, -0.1) is 0 Å². The van der Waals surface area contributed by atoms with Gasteiger partial charge < -0.3 is 24.9 Å². The van der Waals surface area contributed by atoms with Crippen LogP contribution in [0.3, 0.4) is 0 Å². The molecule has 5 rings (SSSR count). The minimum absolute atomic E-state index is 0.0437. The van der Waals surface area contributed by atoms with Crippen molar-refractivity contribution in [1.82, 2.24) is 15.5 Å². The van der Waals surface area contributed by atoms with Gasteiger partial charge in [0.25, 0.3) is 5.91 Å². The summed E-state index contributed by atoms with van der Waals surface area (Å²) in [5.41, 5.74) is 2.24. The average Bonchev–Trinajstić information content (AvgIpc) is 3.38. The summed E-state index contributed by atoms with van der Waals surface area (Å²) in [5.74, 6) is 0.0473. The van der Waals surface area contributed by atoms with Gasteiger partial charge in [-0.05, 0) is 37.5 Å². The Bertz CT molecular complexity index is 908. The molecule has 2 amide bonds. The maximum atomic E-state index is 12.8. The minimum atomic E-state index is -0.0437. The number of rotatable bonds is 3. The summed E-state index contributed by atoms with van der Waals surface area (Å²) in [5, 5.41) is 7.62. The smallest absolute Gasteiger partial charge is 0.251 e. The lowest BCUT2D eigenvalue weighted by atomic mass is 9.95. The van der Waals surface area contributed by atoms with Crippen LogP contribution >= 0.6 is 0 Å². The molecule has 27 heavy (non-hydrogen) atoms. The molecule has 0 radical (unpaired) electrons. The van der Waals surface area contributed by atoms with Crippen LogP contribution in [-0.2, 0) is 4.79 Å². The summed E-state index contributed by atoms with van der Waals surface area (Å²) < 4.78 is 5.66. The zero-order valence-electron chi connectivity index (χ0n) is 15.4. The second-order valence-corrected chi connectivity index (χ2v) is 7.93. The van der Waals surface area contributed by atoms with Crippen molar-refractivity contribution in [2.45, 2.75) is 37.4 Å². The zero-order chi connectivity index (χ0) is 18.5. The third-order valence-corrected chi connectivity index (χ3v) is 6.23. The van der Waals surface area contributed by atoms with Crippen molar-refractivity contribution >= 4 is 28.5 Å². The van der Waals surface area contributed by atoms with Crippen molar-refractivity contribution in [2.75, 3.05) is 31.6 Å².